The fourth-order valence-corrected chi connectivity index (χ4v) is 2.79. The van der Waals surface area contributed by atoms with E-state index in [1.807, 2.05) is 0 Å². The highest BCUT2D eigenvalue weighted by Gasteiger charge is 2.45. The minimum atomic E-state index is 0.187. The van der Waals surface area contributed by atoms with E-state index in [1.54, 1.807) is 0 Å². The number of hydrogen-bond acceptors (Lipinski definition) is 3. The Morgan fingerprint density at radius 3 is 1.16 bits per heavy atom. The lowest BCUT2D eigenvalue weighted by molar-refractivity contribution is 0.241. The van der Waals surface area contributed by atoms with E-state index in [1.165, 1.54) is 0 Å². The third-order valence-electron chi connectivity index (χ3n) is 4.22. The summed E-state index contributed by atoms with van der Waals surface area (Å²) in [6.07, 6.45) is 0. The molecule has 108 valence electrons. The zero-order valence-electron chi connectivity index (χ0n) is 14.8. The molecule has 1 heterocycles. The van der Waals surface area contributed by atoms with Crippen molar-refractivity contribution >= 4 is 22.1 Å². The molecule has 1 rings (SSSR count). The Labute approximate surface area is 122 Å². The summed E-state index contributed by atoms with van der Waals surface area (Å²) in [7, 11) is 2.08. The Kier molecular flexibility index (Phi) is 4.62. The highest BCUT2D eigenvalue weighted by atomic mass is 15.3. The molecule has 1 saturated heterocycles. The van der Waals surface area contributed by atoms with Crippen LogP contribution in [0.3, 0.4) is 0 Å². The smallest absolute Gasteiger partial charge is 0.287 e. The monoisotopic (exact) mass is 263 g/mol. The zero-order valence-corrected chi connectivity index (χ0v) is 14.8. The maximum absolute atomic E-state index is 2.60. The Balaban J connectivity index is 3.08. The van der Waals surface area contributed by atoms with Crippen LogP contribution >= 0.6 is 0 Å². The van der Waals surface area contributed by atoms with Gasteiger partial charge in [-0.05, 0) is 78.9 Å². The van der Waals surface area contributed by atoms with Gasteiger partial charge in [-0.3, -0.25) is 0 Å². The first kappa shape index (κ1) is 17.1. The van der Waals surface area contributed by atoms with Crippen molar-refractivity contribution in [2.24, 2.45) is 0 Å². The van der Waals surface area contributed by atoms with Crippen molar-refractivity contribution in [3.05, 3.63) is 0 Å². The van der Waals surface area contributed by atoms with Gasteiger partial charge < -0.3 is 14.2 Å². The molecule has 0 aliphatic carbocycles. The molecule has 0 radical (unpaired) electrons. The van der Waals surface area contributed by atoms with E-state index in [-0.39, 0.29) is 16.6 Å². The Bertz CT molecular complexity index is 291. The van der Waals surface area contributed by atoms with E-state index in [4.69, 9.17) is 0 Å². The number of hydrogen-bond donors (Lipinski definition) is 0. The molecule has 0 N–H and O–H groups in total. The minimum Gasteiger partial charge on any atom is -0.359 e. The fraction of sp³-hybridized carbons (Fsp3) is 1.00. The largest absolute Gasteiger partial charge is 0.359 e. The molecule has 0 atom stereocenters. The maximum Gasteiger partial charge on any atom is 0.287 e. The van der Waals surface area contributed by atoms with Crippen LogP contribution in [-0.2, 0) is 0 Å². The van der Waals surface area contributed by atoms with Crippen molar-refractivity contribution < 1.29 is 0 Å². The lowest BCUT2D eigenvalue weighted by Crippen LogP contribution is -2.76. The molecule has 0 aromatic heterocycles. The van der Waals surface area contributed by atoms with Crippen LogP contribution in [0.25, 0.3) is 0 Å². The van der Waals surface area contributed by atoms with Crippen LogP contribution < -0.4 is 0 Å². The standard InChI is InChI=1S/C13H32B3N3/c1-11(2,3)17-14-18(12(4,5)6)16(10)19(15-17)13(7,8)9/h14-15H,1-10H3. The van der Waals surface area contributed by atoms with Crippen molar-refractivity contribution in [3.8, 4) is 0 Å². The second-order valence-electron chi connectivity index (χ2n) is 8.91. The average molecular weight is 263 g/mol. The zero-order chi connectivity index (χ0) is 15.2. The quantitative estimate of drug-likeness (QED) is 0.618. The van der Waals surface area contributed by atoms with Gasteiger partial charge in [0.25, 0.3) is 22.1 Å². The van der Waals surface area contributed by atoms with Crippen LogP contribution in [-0.4, -0.2) is 52.9 Å². The Hall–Kier alpha value is 0.0748. The summed E-state index contributed by atoms with van der Waals surface area (Å²) < 4.78 is 7.78. The van der Waals surface area contributed by atoms with E-state index >= 15 is 0 Å². The Morgan fingerprint density at radius 2 is 0.947 bits per heavy atom. The first-order valence-corrected chi connectivity index (χ1v) is 7.53. The van der Waals surface area contributed by atoms with Gasteiger partial charge in [-0.2, -0.15) is 0 Å². The summed E-state index contributed by atoms with van der Waals surface area (Å²) in [5, 5.41) is 0. The third-order valence-corrected chi connectivity index (χ3v) is 4.22. The van der Waals surface area contributed by atoms with Crippen molar-refractivity contribution in [3.63, 3.8) is 0 Å². The average Bonchev–Trinajstić information content (AvgIpc) is 2.11. The summed E-state index contributed by atoms with van der Waals surface area (Å²) >= 11 is 0. The summed E-state index contributed by atoms with van der Waals surface area (Å²) in [6.45, 7) is 23.6. The summed E-state index contributed by atoms with van der Waals surface area (Å²) in [5.41, 5.74) is 0.576. The maximum atomic E-state index is 2.60. The van der Waals surface area contributed by atoms with Crippen LogP contribution in [0.15, 0.2) is 0 Å². The van der Waals surface area contributed by atoms with Crippen molar-refractivity contribution in [1.82, 2.24) is 14.2 Å². The van der Waals surface area contributed by atoms with Gasteiger partial charge in [0.2, 0.25) is 0 Å². The van der Waals surface area contributed by atoms with Gasteiger partial charge in [-0.25, -0.2) is 0 Å². The second kappa shape index (κ2) is 5.12. The van der Waals surface area contributed by atoms with Crippen molar-refractivity contribution in [2.75, 3.05) is 0 Å². The van der Waals surface area contributed by atoms with E-state index in [9.17, 15) is 0 Å². The first-order valence-electron chi connectivity index (χ1n) is 7.53. The van der Waals surface area contributed by atoms with Gasteiger partial charge in [-0.15, -0.1) is 0 Å². The van der Waals surface area contributed by atoms with Gasteiger partial charge in [0.1, 0.15) is 0 Å². The summed E-state index contributed by atoms with van der Waals surface area (Å²) in [6, 6.07) is 0. The molecule has 0 bridgehead atoms. The minimum absolute atomic E-state index is 0.187. The van der Waals surface area contributed by atoms with Crippen LogP contribution in [0.2, 0.25) is 6.82 Å². The molecule has 0 aromatic carbocycles. The topological polar surface area (TPSA) is 9.72 Å². The predicted octanol–water partition coefficient (Wildman–Crippen LogP) is 1.95. The first-order chi connectivity index (χ1) is 8.24. The van der Waals surface area contributed by atoms with Crippen LogP contribution in [0.1, 0.15) is 62.3 Å². The molecular formula is C13H32B3N3. The molecule has 0 spiro atoms. The molecule has 0 amide bonds. The molecule has 6 heteroatoms. The number of nitrogens with zero attached hydrogens (tertiary/aromatic N) is 3. The van der Waals surface area contributed by atoms with Gasteiger partial charge in [0.15, 0.2) is 0 Å². The Morgan fingerprint density at radius 1 is 0.632 bits per heavy atom. The summed E-state index contributed by atoms with van der Waals surface area (Å²) in [5.74, 6) is 0. The van der Waals surface area contributed by atoms with Gasteiger partial charge in [0, 0.05) is 0 Å². The van der Waals surface area contributed by atoms with E-state index < -0.39 is 0 Å². The van der Waals surface area contributed by atoms with E-state index in [0.717, 1.165) is 15.1 Å². The molecular weight excluding hydrogens is 231 g/mol. The van der Waals surface area contributed by atoms with E-state index in [2.05, 4.69) is 83.3 Å². The third kappa shape index (κ3) is 4.02. The second-order valence-corrected chi connectivity index (χ2v) is 8.91. The summed E-state index contributed by atoms with van der Waals surface area (Å²) in [4.78, 5) is 0. The van der Waals surface area contributed by atoms with Gasteiger partial charge in [-0.1, -0.05) is 6.82 Å². The van der Waals surface area contributed by atoms with Crippen LogP contribution in [0.4, 0.5) is 0 Å². The molecule has 3 nitrogen and oxygen atoms in total. The van der Waals surface area contributed by atoms with Crippen molar-refractivity contribution in [1.29, 1.82) is 0 Å². The normalized spacial score (nSPS) is 21.3. The lowest BCUT2D eigenvalue weighted by atomic mass is 9.54. The molecule has 0 aromatic rings. The molecule has 19 heavy (non-hydrogen) atoms. The highest BCUT2D eigenvalue weighted by molar-refractivity contribution is 6.74. The van der Waals surface area contributed by atoms with E-state index in [0.29, 0.717) is 6.98 Å². The fourth-order valence-electron chi connectivity index (χ4n) is 2.79. The molecule has 1 aliphatic heterocycles. The van der Waals surface area contributed by atoms with Crippen LogP contribution in [0.5, 0.6) is 0 Å². The predicted molar refractivity (Wildman–Crippen MR) is 90.7 cm³/mol. The van der Waals surface area contributed by atoms with Gasteiger partial charge >= 0.3 is 0 Å². The van der Waals surface area contributed by atoms with Gasteiger partial charge in [0.05, 0.1) is 0 Å². The van der Waals surface area contributed by atoms with Crippen LogP contribution in [0, 0.1) is 0 Å². The molecule has 0 unspecified atom stereocenters. The lowest BCUT2D eigenvalue weighted by Gasteiger charge is -2.57. The molecule has 0 saturated carbocycles. The number of rotatable bonds is 0. The molecule has 1 aliphatic rings. The SMILES string of the molecule is CB1N(C(C)(C)C)BN(C(C)(C)C)BN1C(C)(C)C. The van der Waals surface area contributed by atoms with Crippen molar-refractivity contribution in [2.45, 2.75) is 85.8 Å². The molecule has 1 fully saturated rings. The highest BCUT2D eigenvalue weighted by Crippen LogP contribution is 2.28.